The number of methoxy groups -OCH3 is 1. The minimum absolute atomic E-state index is 0.142. The molecule has 0 amide bonds. The SMILES string of the molecule is COc1ccc(-n2cnc3cnc(-c4ccc(-n5ccnc5C)cc4F)c(O)c32)cc1. The molecule has 0 spiro atoms. The van der Waals surface area contributed by atoms with Crippen molar-refractivity contribution < 1.29 is 14.2 Å². The number of aromatic nitrogens is 5. The fourth-order valence-corrected chi connectivity index (χ4v) is 3.62. The average Bonchev–Trinajstić information content (AvgIpc) is 3.41. The fourth-order valence-electron chi connectivity index (χ4n) is 3.62. The summed E-state index contributed by atoms with van der Waals surface area (Å²) in [7, 11) is 1.60. The number of nitrogens with zero attached hydrogens (tertiary/aromatic N) is 5. The highest BCUT2D eigenvalue weighted by Gasteiger charge is 2.19. The second-order valence-electron chi connectivity index (χ2n) is 7.01. The summed E-state index contributed by atoms with van der Waals surface area (Å²) >= 11 is 0. The second kappa shape index (κ2) is 7.24. The summed E-state index contributed by atoms with van der Waals surface area (Å²) in [5.74, 6) is 0.826. The zero-order chi connectivity index (χ0) is 21.5. The first-order chi connectivity index (χ1) is 15.1. The summed E-state index contributed by atoms with van der Waals surface area (Å²) in [6, 6.07) is 12.1. The first-order valence-corrected chi connectivity index (χ1v) is 9.56. The van der Waals surface area contributed by atoms with E-state index in [4.69, 9.17) is 4.74 Å². The predicted molar refractivity (Wildman–Crippen MR) is 114 cm³/mol. The fraction of sp³-hybridized carbons (Fsp3) is 0.0870. The molecule has 0 fully saturated rings. The van der Waals surface area contributed by atoms with Crippen molar-refractivity contribution in [3.63, 3.8) is 0 Å². The van der Waals surface area contributed by atoms with Gasteiger partial charge in [-0.2, -0.15) is 0 Å². The predicted octanol–water partition coefficient (Wildman–Crippen LogP) is 4.43. The summed E-state index contributed by atoms with van der Waals surface area (Å²) in [6.45, 7) is 1.84. The molecule has 0 aliphatic rings. The minimum Gasteiger partial charge on any atom is -0.504 e. The number of halogens is 1. The van der Waals surface area contributed by atoms with Gasteiger partial charge in [0.25, 0.3) is 0 Å². The Bertz CT molecular complexity index is 1410. The van der Waals surface area contributed by atoms with Gasteiger partial charge >= 0.3 is 0 Å². The molecule has 0 bridgehead atoms. The molecule has 5 rings (SSSR count). The second-order valence-corrected chi connectivity index (χ2v) is 7.01. The van der Waals surface area contributed by atoms with Gasteiger partial charge < -0.3 is 14.4 Å². The summed E-state index contributed by atoms with van der Waals surface area (Å²) in [4.78, 5) is 12.8. The number of pyridine rings is 1. The van der Waals surface area contributed by atoms with Gasteiger partial charge in [-0.05, 0) is 49.4 Å². The topological polar surface area (TPSA) is 78.0 Å². The van der Waals surface area contributed by atoms with Gasteiger partial charge in [-0.1, -0.05) is 0 Å². The number of imidazole rings is 2. The minimum atomic E-state index is -0.497. The van der Waals surface area contributed by atoms with Crippen LogP contribution in [0, 0.1) is 12.7 Å². The molecule has 0 saturated carbocycles. The van der Waals surface area contributed by atoms with E-state index in [0.717, 1.165) is 17.3 Å². The third kappa shape index (κ3) is 3.09. The van der Waals surface area contributed by atoms with Crippen LogP contribution in [0.2, 0.25) is 0 Å². The zero-order valence-electron chi connectivity index (χ0n) is 16.8. The standard InChI is InChI=1S/C23H18FN5O2/c1-14-25-9-10-28(14)16-5-8-18(19(24)11-16)21-23(30)22-20(12-26-21)27-13-29(22)15-3-6-17(31-2)7-4-15/h3-13,30H,1-2H3. The Labute approximate surface area is 177 Å². The molecule has 3 heterocycles. The Hall–Kier alpha value is -4.20. The molecule has 0 atom stereocenters. The van der Waals surface area contributed by atoms with Crippen LogP contribution in [0.5, 0.6) is 11.5 Å². The van der Waals surface area contributed by atoms with E-state index in [1.165, 1.54) is 12.3 Å². The van der Waals surface area contributed by atoms with Crippen LogP contribution >= 0.6 is 0 Å². The summed E-state index contributed by atoms with van der Waals surface area (Å²) < 4.78 is 23.8. The van der Waals surface area contributed by atoms with Gasteiger partial charge in [0.1, 0.15) is 40.4 Å². The molecule has 7 nitrogen and oxygen atoms in total. The van der Waals surface area contributed by atoms with E-state index in [2.05, 4.69) is 15.0 Å². The lowest BCUT2D eigenvalue weighted by Gasteiger charge is -2.11. The van der Waals surface area contributed by atoms with E-state index in [0.29, 0.717) is 16.7 Å². The first-order valence-electron chi connectivity index (χ1n) is 9.56. The molecule has 2 aromatic carbocycles. The van der Waals surface area contributed by atoms with E-state index in [1.54, 1.807) is 47.1 Å². The van der Waals surface area contributed by atoms with Crippen molar-refractivity contribution in [3.05, 3.63) is 79.0 Å². The van der Waals surface area contributed by atoms with E-state index < -0.39 is 5.82 Å². The normalized spacial score (nSPS) is 11.2. The van der Waals surface area contributed by atoms with Gasteiger partial charge in [0.2, 0.25) is 0 Å². The molecule has 154 valence electrons. The van der Waals surface area contributed by atoms with Crippen LogP contribution in [0.15, 0.2) is 67.4 Å². The van der Waals surface area contributed by atoms with E-state index in [-0.39, 0.29) is 17.0 Å². The van der Waals surface area contributed by atoms with Gasteiger partial charge in [-0.3, -0.25) is 4.57 Å². The van der Waals surface area contributed by atoms with Crippen LogP contribution in [-0.4, -0.2) is 36.3 Å². The summed E-state index contributed by atoms with van der Waals surface area (Å²) in [5.41, 5.74) is 2.71. The first kappa shape index (κ1) is 18.8. The molecule has 0 unspecified atom stereocenters. The summed E-state index contributed by atoms with van der Waals surface area (Å²) in [6.07, 6.45) is 6.54. The van der Waals surface area contributed by atoms with Crippen molar-refractivity contribution in [1.29, 1.82) is 0 Å². The Kier molecular flexibility index (Phi) is 4.39. The molecule has 0 radical (unpaired) electrons. The summed E-state index contributed by atoms with van der Waals surface area (Å²) in [5, 5.41) is 11.0. The van der Waals surface area contributed by atoms with Crippen molar-refractivity contribution in [2.24, 2.45) is 0 Å². The van der Waals surface area contributed by atoms with Crippen molar-refractivity contribution in [2.45, 2.75) is 6.92 Å². The molecule has 5 aromatic rings. The number of fused-ring (bicyclic) bond motifs is 1. The maximum Gasteiger partial charge on any atom is 0.168 e. The van der Waals surface area contributed by atoms with Crippen molar-refractivity contribution in [1.82, 2.24) is 24.1 Å². The molecule has 0 saturated heterocycles. The lowest BCUT2D eigenvalue weighted by Crippen LogP contribution is -1.98. The number of aromatic hydroxyl groups is 1. The zero-order valence-corrected chi connectivity index (χ0v) is 16.8. The largest absolute Gasteiger partial charge is 0.504 e. The average molecular weight is 415 g/mol. The highest BCUT2D eigenvalue weighted by Crippen LogP contribution is 2.36. The van der Waals surface area contributed by atoms with Gasteiger partial charge in [-0.25, -0.2) is 19.3 Å². The third-order valence-corrected chi connectivity index (χ3v) is 5.22. The van der Waals surface area contributed by atoms with E-state index >= 15 is 4.39 Å². The maximum atomic E-state index is 15.1. The Balaban J connectivity index is 1.62. The molecular formula is C23H18FN5O2. The lowest BCUT2D eigenvalue weighted by molar-refractivity contribution is 0.415. The molecule has 31 heavy (non-hydrogen) atoms. The lowest BCUT2D eigenvalue weighted by atomic mass is 10.1. The van der Waals surface area contributed by atoms with Crippen molar-refractivity contribution in [2.75, 3.05) is 7.11 Å². The quantitative estimate of drug-likeness (QED) is 0.470. The van der Waals surface area contributed by atoms with Crippen LogP contribution < -0.4 is 4.74 Å². The number of benzene rings is 2. The molecular weight excluding hydrogens is 397 g/mol. The Morgan fingerprint density at radius 1 is 0.968 bits per heavy atom. The van der Waals surface area contributed by atoms with E-state index in [9.17, 15) is 5.11 Å². The molecule has 8 heteroatoms. The molecule has 3 aromatic heterocycles. The van der Waals surface area contributed by atoms with Crippen molar-refractivity contribution >= 4 is 11.0 Å². The number of rotatable bonds is 4. The van der Waals surface area contributed by atoms with Gasteiger partial charge in [0, 0.05) is 29.3 Å². The maximum absolute atomic E-state index is 15.1. The van der Waals surface area contributed by atoms with Crippen LogP contribution in [0.4, 0.5) is 4.39 Å². The monoisotopic (exact) mass is 415 g/mol. The van der Waals surface area contributed by atoms with Crippen LogP contribution in [0.3, 0.4) is 0 Å². The van der Waals surface area contributed by atoms with Crippen LogP contribution in [0.25, 0.3) is 33.7 Å². The van der Waals surface area contributed by atoms with Gasteiger partial charge in [-0.15, -0.1) is 0 Å². The van der Waals surface area contributed by atoms with Crippen molar-refractivity contribution in [3.8, 4) is 34.1 Å². The number of ether oxygens (including phenoxy) is 1. The number of aryl methyl sites for hydroxylation is 1. The van der Waals surface area contributed by atoms with Crippen LogP contribution in [0.1, 0.15) is 5.82 Å². The van der Waals surface area contributed by atoms with Crippen LogP contribution in [-0.2, 0) is 0 Å². The van der Waals surface area contributed by atoms with Gasteiger partial charge in [0.15, 0.2) is 5.75 Å². The Morgan fingerprint density at radius 3 is 2.42 bits per heavy atom. The number of hydrogen-bond donors (Lipinski definition) is 1. The highest BCUT2D eigenvalue weighted by atomic mass is 19.1. The third-order valence-electron chi connectivity index (χ3n) is 5.22. The molecule has 0 aliphatic heterocycles. The number of hydrogen-bond acceptors (Lipinski definition) is 5. The smallest absolute Gasteiger partial charge is 0.168 e. The molecule has 0 aliphatic carbocycles. The molecule has 1 N–H and O–H groups in total. The van der Waals surface area contributed by atoms with E-state index in [1.807, 2.05) is 31.2 Å². The highest BCUT2D eigenvalue weighted by molar-refractivity contribution is 5.89. The Morgan fingerprint density at radius 2 is 1.74 bits per heavy atom. The van der Waals surface area contributed by atoms with Gasteiger partial charge in [0.05, 0.1) is 13.3 Å².